The number of nitrogens with zero attached hydrogens (tertiary/aromatic N) is 2. The topological polar surface area (TPSA) is 145 Å². The minimum absolute atomic E-state index is 0.00641. The lowest BCUT2D eigenvalue weighted by Crippen LogP contribution is -2.39. The summed E-state index contributed by atoms with van der Waals surface area (Å²) in [6.45, 7) is 20.1. The molecule has 1 fully saturated rings. The van der Waals surface area contributed by atoms with E-state index in [1.54, 1.807) is 11.8 Å². The Kier molecular flexibility index (Phi) is 13.4. The Bertz CT molecular complexity index is 2240. The summed E-state index contributed by atoms with van der Waals surface area (Å²) in [6.07, 6.45) is 6.78. The van der Waals surface area contributed by atoms with Crippen LogP contribution in [0.15, 0.2) is 24.8 Å². The number of aromatic amines is 2. The number of ether oxygens (including phenoxy) is 4. The molecule has 3 aromatic heterocycles. The van der Waals surface area contributed by atoms with Crippen LogP contribution in [0.4, 0.5) is 0 Å². The van der Waals surface area contributed by atoms with E-state index in [0.29, 0.717) is 31.4 Å². The molecule has 3 aliphatic heterocycles. The van der Waals surface area contributed by atoms with Crippen molar-refractivity contribution in [3.63, 3.8) is 0 Å². The summed E-state index contributed by atoms with van der Waals surface area (Å²) in [6, 6.07) is 6.48. The number of H-pyrrole nitrogens is 2. The highest BCUT2D eigenvalue weighted by Gasteiger charge is 2.33. The van der Waals surface area contributed by atoms with Crippen LogP contribution < -0.4 is 0 Å². The van der Waals surface area contributed by atoms with E-state index in [1.807, 2.05) is 6.08 Å². The molecule has 2 N–H and O–H groups in total. The first-order chi connectivity index (χ1) is 27.3. The van der Waals surface area contributed by atoms with E-state index in [4.69, 9.17) is 28.9 Å². The van der Waals surface area contributed by atoms with Crippen molar-refractivity contribution in [2.45, 2.75) is 123 Å². The van der Waals surface area contributed by atoms with Crippen molar-refractivity contribution in [2.75, 3.05) is 19.0 Å². The Balaban J connectivity index is 1.19. The van der Waals surface area contributed by atoms with Gasteiger partial charge in [-0.3, -0.25) is 19.4 Å². The number of carbonyl (C=O) groups is 3. The number of fused-ring (bicyclic) bond motifs is 8. The number of esters is 3. The summed E-state index contributed by atoms with van der Waals surface area (Å²) >= 11 is 1.58. The number of aryl methyl sites for hydroxylation is 3. The first-order valence-electron chi connectivity index (χ1n) is 20.0. The third-order valence-corrected chi connectivity index (χ3v) is 12.5. The lowest BCUT2D eigenvalue weighted by Gasteiger charge is -2.34. The largest absolute Gasteiger partial charge is 0.466 e. The molecule has 0 spiro atoms. The standard InChI is InChI=1S/C45H56N4O7S/c1-10-33-26(5)39-22-42-34(11-2)25(4)38(47-42)21-40-27(6)35(45(49-40)28(7)37-17-24(3)36(46-37)20-41(33)48-39)13-14-43(52)53-15-12-16-57-44-19-31(55-30(9)51)18-32(56-44)23-54-29(8)50/h11,17,20-22,27,31-32,35,44,47-48H,2,10,12-16,18-19,23H2,1,3-9H3/t27-,31-,32-,35-,44-/m0/s1. The number of carbonyl (C=O) groups excluding carboxylic acids is 3. The number of hydrogen-bond acceptors (Lipinski definition) is 10. The van der Waals surface area contributed by atoms with Gasteiger partial charge < -0.3 is 28.9 Å². The van der Waals surface area contributed by atoms with E-state index >= 15 is 0 Å². The average Bonchev–Trinajstić information content (AvgIpc) is 3.86. The van der Waals surface area contributed by atoms with Crippen molar-refractivity contribution < 1.29 is 33.3 Å². The second-order valence-electron chi connectivity index (χ2n) is 15.4. The van der Waals surface area contributed by atoms with Crippen LogP contribution in [-0.4, -0.2) is 74.5 Å². The van der Waals surface area contributed by atoms with Gasteiger partial charge in [0.25, 0.3) is 0 Å². The monoisotopic (exact) mass is 796 g/mol. The van der Waals surface area contributed by atoms with Gasteiger partial charge >= 0.3 is 17.9 Å². The van der Waals surface area contributed by atoms with E-state index in [2.05, 4.69) is 82.4 Å². The molecule has 0 saturated carbocycles. The van der Waals surface area contributed by atoms with Crippen molar-refractivity contribution in [1.29, 1.82) is 0 Å². The van der Waals surface area contributed by atoms with E-state index in [9.17, 15) is 14.4 Å². The molecule has 3 aliphatic rings. The Morgan fingerprint density at radius 2 is 1.70 bits per heavy atom. The maximum Gasteiger partial charge on any atom is 0.305 e. The minimum Gasteiger partial charge on any atom is -0.466 e. The molecule has 6 heterocycles. The molecule has 11 nitrogen and oxygen atoms in total. The smallest absolute Gasteiger partial charge is 0.305 e. The van der Waals surface area contributed by atoms with Crippen LogP contribution in [0.3, 0.4) is 0 Å². The molecule has 57 heavy (non-hydrogen) atoms. The summed E-state index contributed by atoms with van der Waals surface area (Å²) in [5.74, 6) is -0.246. The highest BCUT2D eigenvalue weighted by atomic mass is 32.2. The summed E-state index contributed by atoms with van der Waals surface area (Å²) in [5, 5.41) is 0. The molecular weight excluding hydrogens is 741 g/mol. The lowest BCUT2D eigenvalue weighted by molar-refractivity contribution is -0.162. The molecule has 0 aromatic carbocycles. The van der Waals surface area contributed by atoms with E-state index < -0.39 is 0 Å². The van der Waals surface area contributed by atoms with E-state index in [-0.39, 0.29) is 67.0 Å². The van der Waals surface area contributed by atoms with Crippen LogP contribution in [0.25, 0.3) is 39.8 Å². The van der Waals surface area contributed by atoms with Crippen LogP contribution >= 0.6 is 11.8 Å². The Morgan fingerprint density at radius 3 is 2.42 bits per heavy atom. The molecule has 6 rings (SSSR count). The number of hydrogen-bond donors (Lipinski definition) is 2. The van der Waals surface area contributed by atoms with Gasteiger partial charge in [-0.1, -0.05) is 26.5 Å². The normalized spacial score (nSPS) is 20.5. The molecule has 0 aliphatic carbocycles. The number of thioether (sulfide) groups is 1. The number of aromatic nitrogens is 4. The van der Waals surface area contributed by atoms with Gasteiger partial charge in [-0.05, 0) is 105 Å². The fraction of sp³-hybridized carbons (Fsp3) is 0.489. The van der Waals surface area contributed by atoms with Gasteiger partial charge in [0, 0.05) is 84.0 Å². The van der Waals surface area contributed by atoms with Gasteiger partial charge in [0.1, 0.15) is 18.1 Å². The maximum atomic E-state index is 13.2. The molecule has 0 unspecified atom stereocenters. The lowest BCUT2D eigenvalue weighted by atomic mass is 9.86. The second-order valence-corrected chi connectivity index (χ2v) is 16.6. The van der Waals surface area contributed by atoms with E-state index in [1.165, 1.54) is 25.0 Å². The SMILES string of the molecule is C=Cc1c(C)c2cc3nc(c(C)c4nc(cc5[nH]c(cc1[nH]2)c(C)c5CC)C(C)=C4)[C@@H](CCC(=O)OCCCS[C@H]1C[C@@H](OC(C)=O)C[C@@H](COC(C)=O)O1)[C@@H]3C. The summed E-state index contributed by atoms with van der Waals surface area (Å²) in [5.41, 5.74) is 14.3. The van der Waals surface area contributed by atoms with Crippen molar-refractivity contribution in [2.24, 2.45) is 0 Å². The van der Waals surface area contributed by atoms with Crippen LogP contribution in [0.5, 0.6) is 0 Å². The summed E-state index contributed by atoms with van der Waals surface area (Å²) in [4.78, 5) is 53.9. The quantitative estimate of drug-likeness (QED) is 0.0975. The van der Waals surface area contributed by atoms with Crippen molar-refractivity contribution >= 4 is 69.5 Å². The fourth-order valence-corrected chi connectivity index (χ4v) is 9.31. The van der Waals surface area contributed by atoms with Gasteiger partial charge in [-0.25, -0.2) is 4.98 Å². The van der Waals surface area contributed by atoms with Gasteiger partial charge in [-0.2, -0.15) is 0 Å². The van der Waals surface area contributed by atoms with Crippen LogP contribution in [0.2, 0.25) is 0 Å². The van der Waals surface area contributed by atoms with Gasteiger partial charge in [0.05, 0.1) is 24.1 Å². The first kappa shape index (κ1) is 41.9. The number of nitrogens with one attached hydrogen (secondary N) is 2. The molecule has 1 saturated heterocycles. The second kappa shape index (κ2) is 18.3. The minimum atomic E-state index is -0.383. The molecule has 3 aromatic rings. The van der Waals surface area contributed by atoms with Crippen LogP contribution in [0, 0.1) is 20.8 Å². The van der Waals surface area contributed by atoms with Crippen LogP contribution in [0.1, 0.15) is 129 Å². The zero-order valence-electron chi connectivity index (χ0n) is 34.5. The Labute approximate surface area is 339 Å². The Hall–Kier alpha value is -4.68. The molecule has 8 bridgehead atoms. The van der Waals surface area contributed by atoms with Crippen LogP contribution in [-0.2, 0) is 39.8 Å². The predicted molar refractivity (Wildman–Crippen MR) is 227 cm³/mol. The zero-order valence-corrected chi connectivity index (χ0v) is 35.3. The van der Waals surface area contributed by atoms with E-state index in [0.717, 1.165) is 73.5 Å². The molecular formula is C45H56N4O7S. The summed E-state index contributed by atoms with van der Waals surface area (Å²) < 4.78 is 22.4. The third kappa shape index (κ3) is 9.72. The predicted octanol–water partition coefficient (Wildman–Crippen LogP) is 9.34. The van der Waals surface area contributed by atoms with Gasteiger partial charge in [0.15, 0.2) is 0 Å². The average molecular weight is 797 g/mol. The molecule has 12 heteroatoms. The third-order valence-electron chi connectivity index (χ3n) is 11.3. The molecule has 5 atom stereocenters. The highest BCUT2D eigenvalue weighted by molar-refractivity contribution is 7.99. The van der Waals surface area contributed by atoms with Gasteiger partial charge in [-0.15, -0.1) is 11.8 Å². The maximum absolute atomic E-state index is 13.2. The number of rotatable bonds is 13. The zero-order chi connectivity index (χ0) is 41.0. The molecule has 0 radical (unpaired) electrons. The van der Waals surface area contributed by atoms with Crippen molar-refractivity contribution in [1.82, 2.24) is 19.9 Å². The van der Waals surface area contributed by atoms with Crippen molar-refractivity contribution in [3.8, 4) is 0 Å². The summed E-state index contributed by atoms with van der Waals surface area (Å²) in [7, 11) is 0. The first-order valence-corrected chi connectivity index (χ1v) is 21.1. The fourth-order valence-electron chi connectivity index (χ4n) is 8.17. The van der Waals surface area contributed by atoms with Crippen molar-refractivity contribution in [3.05, 3.63) is 75.4 Å². The molecule has 304 valence electrons. The highest BCUT2D eigenvalue weighted by Crippen LogP contribution is 2.42. The molecule has 0 amide bonds. The Morgan fingerprint density at radius 1 is 0.947 bits per heavy atom. The van der Waals surface area contributed by atoms with Gasteiger partial charge in [0.2, 0.25) is 0 Å². The number of allylic oxidation sites excluding steroid dienone is 1.